The molecule has 144 valence electrons. The van der Waals surface area contributed by atoms with Gasteiger partial charge in [0.1, 0.15) is 0 Å². The fraction of sp³-hybridized carbons (Fsp3) is 0. The van der Waals surface area contributed by atoms with Gasteiger partial charge in [-0.1, -0.05) is 82.7 Å². The van der Waals surface area contributed by atoms with Crippen LogP contribution in [0.2, 0.25) is 0 Å². The van der Waals surface area contributed by atoms with Crippen molar-refractivity contribution in [3.05, 3.63) is 120 Å². The lowest BCUT2D eigenvalue weighted by atomic mass is 10.1. The van der Waals surface area contributed by atoms with Crippen molar-refractivity contribution in [2.45, 2.75) is 0 Å². The molecule has 0 spiro atoms. The first-order chi connectivity index (χ1) is 14.8. The summed E-state index contributed by atoms with van der Waals surface area (Å²) in [4.78, 5) is 7.03. The average Bonchev–Trinajstić information content (AvgIpc) is 2.82. The fourth-order valence-corrected chi connectivity index (χ4v) is 3.98. The Morgan fingerprint density at radius 2 is 1.30 bits per heavy atom. The molecule has 30 heavy (non-hydrogen) atoms. The maximum Gasteiger partial charge on any atom is 0.0703 e. The predicted octanol–water partition coefficient (Wildman–Crippen LogP) is 8.13. The highest BCUT2D eigenvalue weighted by Gasteiger charge is 2.15. The van der Waals surface area contributed by atoms with E-state index in [-0.39, 0.29) is 0 Å². The minimum absolute atomic E-state index is 0.966. The summed E-state index contributed by atoms with van der Waals surface area (Å²) < 4.78 is 1.06. The van der Waals surface area contributed by atoms with E-state index >= 15 is 0 Å². The molecule has 0 atom stereocenters. The molecule has 0 saturated heterocycles. The Hall–Kier alpha value is -3.43. The van der Waals surface area contributed by atoms with Crippen molar-refractivity contribution in [3.63, 3.8) is 0 Å². The molecule has 0 aliphatic heterocycles. The molecule has 0 aliphatic carbocycles. The van der Waals surface area contributed by atoms with Gasteiger partial charge in [0, 0.05) is 21.1 Å². The van der Waals surface area contributed by atoms with Crippen LogP contribution in [-0.2, 0) is 0 Å². The molecule has 1 aromatic heterocycles. The highest BCUT2D eigenvalue weighted by molar-refractivity contribution is 9.10. The third-order valence-corrected chi connectivity index (χ3v) is 5.70. The van der Waals surface area contributed by atoms with Crippen molar-refractivity contribution in [3.8, 4) is 11.3 Å². The zero-order valence-electron chi connectivity index (χ0n) is 16.2. The molecule has 5 rings (SSSR count). The summed E-state index contributed by atoms with van der Waals surface area (Å²) >= 11 is 3.55. The topological polar surface area (TPSA) is 16.1 Å². The van der Waals surface area contributed by atoms with Gasteiger partial charge in [-0.3, -0.25) is 4.98 Å². The second-order valence-corrected chi connectivity index (χ2v) is 7.99. The number of aromatic nitrogens is 1. The van der Waals surface area contributed by atoms with Crippen molar-refractivity contribution >= 4 is 43.8 Å². The van der Waals surface area contributed by atoms with E-state index in [1.165, 1.54) is 10.8 Å². The molecule has 0 bridgehead atoms. The Morgan fingerprint density at radius 3 is 2.07 bits per heavy atom. The molecule has 0 fully saturated rings. The van der Waals surface area contributed by atoms with E-state index in [9.17, 15) is 0 Å². The number of anilines is 3. The summed E-state index contributed by atoms with van der Waals surface area (Å²) in [5, 5.41) is 2.42. The molecule has 5 aromatic rings. The van der Waals surface area contributed by atoms with Crippen molar-refractivity contribution in [1.82, 2.24) is 4.98 Å². The summed E-state index contributed by atoms with van der Waals surface area (Å²) in [6.07, 6.45) is 1.95. The van der Waals surface area contributed by atoms with Crippen molar-refractivity contribution < 1.29 is 0 Å². The molecule has 1 heterocycles. The van der Waals surface area contributed by atoms with Gasteiger partial charge in [-0.15, -0.1) is 0 Å². The monoisotopic (exact) mass is 450 g/mol. The van der Waals surface area contributed by atoms with Crippen LogP contribution in [0.4, 0.5) is 17.1 Å². The van der Waals surface area contributed by atoms with E-state index < -0.39 is 0 Å². The number of fused-ring (bicyclic) bond motifs is 1. The number of nitrogens with zero attached hydrogens (tertiary/aromatic N) is 2. The number of hydrogen-bond acceptors (Lipinski definition) is 2. The lowest BCUT2D eigenvalue weighted by molar-refractivity contribution is 1.24. The lowest BCUT2D eigenvalue weighted by Gasteiger charge is -2.26. The first kappa shape index (κ1) is 18.6. The van der Waals surface area contributed by atoms with Crippen LogP contribution in [0, 0.1) is 0 Å². The third-order valence-electron chi connectivity index (χ3n) is 5.17. The van der Waals surface area contributed by atoms with Gasteiger partial charge in [0.05, 0.1) is 23.3 Å². The Balaban J connectivity index is 1.66. The van der Waals surface area contributed by atoms with Crippen molar-refractivity contribution in [2.24, 2.45) is 0 Å². The number of pyridine rings is 1. The molecule has 0 saturated carbocycles. The van der Waals surface area contributed by atoms with E-state index in [4.69, 9.17) is 4.98 Å². The van der Waals surface area contributed by atoms with Gasteiger partial charge in [0.15, 0.2) is 0 Å². The van der Waals surface area contributed by atoms with Crippen LogP contribution in [-0.4, -0.2) is 4.98 Å². The molecule has 0 aliphatic rings. The zero-order chi connectivity index (χ0) is 20.3. The number of rotatable bonds is 4. The summed E-state index contributed by atoms with van der Waals surface area (Å²) in [6, 6.07) is 37.8. The van der Waals surface area contributed by atoms with Gasteiger partial charge in [-0.05, 0) is 47.9 Å². The SMILES string of the molecule is Brc1ccc(N(c2ccc(-c3ccccc3)nc2)c2cccc3ccccc23)cc1. The maximum absolute atomic E-state index is 4.77. The fourth-order valence-electron chi connectivity index (χ4n) is 3.72. The second kappa shape index (κ2) is 8.13. The Kier molecular flexibility index (Phi) is 5.04. The van der Waals surface area contributed by atoms with E-state index in [0.29, 0.717) is 0 Å². The minimum Gasteiger partial charge on any atom is -0.308 e. The third kappa shape index (κ3) is 3.60. The summed E-state index contributed by atoms with van der Waals surface area (Å²) in [6.45, 7) is 0. The van der Waals surface area contributed by atoms with Crippen LogP contribution in [0.1, 0.15) is 0 Å². The van der Waals surface area contributed by atoms with Crippen LogP contribution in [0.15, 0.2) is 120 Å². The Morgan fingerprint density at radius 1 is 0.600 bits per heavy atom. The first-order valence-electron chi connectivity index (χ1n) is 9.84. The molecule has 2 nitrogen and oxygen atoms in total. The molecule has 0 radical (unpaired) electrons. The molecule has 4 aromatic carbocycles. The van der Waals surface area contributed by atoms with E-state index in [0.717, 1.165) is 32.8 Å². The summed E-state index contributed by atoms with van der Waals surface area (Å²) in [7, 11) is 0. The molecule has 0 N–H and O–H groups in total. The summed E-state index contributed by atoms with van der Waals surface area (Å²) in [5.41, 5.74) is 5.32. The number of halogens is 1. The van der Waals surface area contributed by atoms with Gasteiger partial charge in [0.2, 0.25) is 0 Å². The predicted molar refractivity (Wildman–Crippen MR) is 130 cm³/mol. The number of benzene rings is 4. The highest BCUT2D eigenvalue weighted by atomic mass is 79.9. The van der Waals surface area contributed by atoms with Gasteiger partial charge in [-0.25, -0.2) is 0 Å². The second-order valence-electron chi connectivity index (χ2n) is 7.08. The van der Waals surface area contributed by atoms with E-state index in [1.807, 2.05) is 24.4 Å². The highest BCUT2D eigenvalue weighted by Crippen LogP contribution is 2.39. The van der Waals surface area contributed by atoms with Gasteiger partial charge < -0.3 is 4.90 Å². The Labute approximate surface area is 184 Å². The van der Waals surface area contributed by atoms with Crippen LogP contribution >= 0.6 is 15.9 Å². The normalized spacial score (nSPS) is 10.8. The van der Waals surface area contributed by atoms with Crippen LogP contribution in [0.3, 0.4) is 0 Å². The number of hydrogen-bond donors (Lipinski definition) is 0. The van der Waals surface area contributed by atoms with E-state index in [2.05, 4.69) is 112 Å². The average molecular weight is 451 g/mol. The molecular formula is C27H19BrN2. The van der Waals surface area contributed by atoms with E-state index in [1.54, 1.807) is 0 Å². The van der Waals surface area contributed by atoms with Crippen molar-refractivity contribution in [2.75, 3.05) is 4.90 Å². The minimum atomic E-state index is 0.966. The van der Waals surface area contributed by atoms with Crippen LogP contribution in [0.5, 0.6) is 0 Å². The van der Waals surface area contributed by atoms with Crippen LogP contribution < -0.4 is 4.90 Å². The van der Waals surface area contributed by atoms with Gasteiger partial charge in [-0.2, -0.15) is 0 Å². The Bertz CT molecular complexity index is 1280. The standard InChI is InChI=1S/C27H19BrN2/c28-22-13-15-23(16-14-22)30(27-12-6-10-20-7-4-5-11-25(20)27)24-17-18-26(29-19-24)21-8-2-1-3-9-21/h1-19H. The molecule has 3 heteroatoms. The lowest BCUT2D eigenvalue weighted by Crippen LogP contribution is -2.10. The quantitative estimate of drug-likeness (QED) is 0.274. The van der Waals surface area contributed by atoms with Crippen LogP contribution in [0.25, 0.3) is 22.0 Å². The van der Waals surface area contributed by atoms with Gasteiger partial charge >= 0.3 is 0 Å². The molecular weight excluding hydrogens is 432 g/mol. The largest absolute Gasteiger partial charge is 0.308 e. The first-order valence-corrected chi connectivity index (χ1v) is 10.6. The molecule has 0 amide bonds. The smallest absolute Gasteiger partial charge is 0.0703 e. The van der Waals surface area contributed by atoms with Crippen molar-refractivity contribution in [1.29, 1.82) is 0 Å². The molecule has 0 unspecified atom stereocenters. The van der Waals surface area contributed by atoms with Gasteiger partial charge in [0.25, 0.3) is 0 Å². The zero-order valence-corrected chi connectivity index (χ0v) is 17.8. The maximum atomic E-state index is 4.77. The summed E-state index contributed by atoms with van der Waals surface area (Å²) in [5.74, 6) is 0.